The Kier molecular flexibility index (Phi) is 4.80. The van der Waals surface area contributed by atoms with Crippen molar-refractivity contribution < 1.29 is 9.72 Å². The van der Waals surface area contributed by atoms with Gasteiger partial charge in [-0.25, -0.2) is 4.98 Å². The van der Waals surface area contributed by atoms with Crippen LogP contribution in [-0.2, 0) is 6.54 Å². The lowest BCUT2D eigenvalue weighted by Gasteiger charge is -2.05. The van der Waals surface area contributed by atoms with E-state index in [1.54, 1.807) is 19.3 Å². The highest BCUT2D eigenvalue weighted by Crippen LogP contribution is 2.23. The quantitative estimate of drug-likeness (QED) is 0.560. The molecule has 0 aliphatic rings. The van der Waals surface area contributed by atoms with Crippen LogP contribution < -0.4 is 5.32 Å². The summed E-state index contributed by atoms with van der Waals surface area (Å²) in [5.74, 6) is -0.297. The van der Waals surface area contributed by atoms with Crippen LogP contribution in [0, 0.1) is 17.0 Å². The van der Waals surface area contributed by atoms with Gasteiger partial charge in [0.05, 0.1) is 17.2 Å². The van der Waals surface area contributed by atoms with Gasteiger partial charge in [-0.15, -0.1) is 11.3 Å². The zero-order valence-corrected chi connectivity index (χ0v) is 14.1. The molecule has 8 heteroatoms. The fourth-order valence-electron chi connectivity index (χ4n) is 2.28. The number of benzene rings is 1. The number of amides is 1. The molecular formula is C17H14N4O3S. The van der Waals surface area contributed by atoms with E-state index in [2.05, 4.69) is 15.3 Å². The maximum atomic E-state index is 12.2. The normalized spacial score (nSPS) is 10.4. The van der Waals surface area contributed by atoms with Gasteiger partial charge in [-0.1, -0.05) is 0 Å². The number of carbonyl (C=O) groups excluding carboxylic acids is 1. The van der Waals surface area contributed by atoms with Crippen LogP contribution in [0.15, 0.2) is 48.1 Å². The summed E-state index contributed by atoms with van der Waals surface area (Å²) in [6.45, 7) is 1.89. The number of aromatic nitrogens is 2. The van der Waals surface area contributed by atoms with Crippen molar-refractivity contribution in [3.63, 3.8) is 0 Å². The van der Waals surface area contributed by atoms with Crippen LogP contribution in [0.25, 0.3) is 10.6 Å². The van der Waals surface area contributed by atoms with E-state index in [0.29, 0.717) is 11.1 Å². The van der Waals surface area contributed by atoms with Gasteiger partial charge in [-0.05, 0) is 31.2 Å². The van der Waals surface area contributed by atoms with Gasteiger partial charge in [-0.2, -0.15) is 0 Å². The molecule has 0 saturated heterocycles. The van der Waals surface area contributed by atoms with Crippen LogP contribution in [0.4, 0.5) is 5.69 Å². The molecule has 0 spiro atoms. The van der Waals surface area contributed by atoms with Crippen molar-refractivity contribution >= 4 is 22.9 Å². The number of nitrogens with zero attached hydrogens (tertiary/aromatic N) is 3. The second-order valence-corrected chi connectivity index (χ2v) is 6.18. The summed E-state index contributed by atoms with van der Waals surface area (Å²) in [5, 5.41) is 16.3. The minimum Gasteiger partial charge on any atom is -0.346 e. The Hall–Kier alpha value is -3.13. The monoisotopic (exact) mass is 354 g/mol. The number of pyridine rings is 1. The first-order valence-corrected chi connectivity index (χ1v) is 8.30. The smallest absolute Gasteiger partial charge is 0.272 e. The van der Waals surface area contributed by atoms with Crippen LogP contribution in [0.2, 0.25) is 0 Å². The summed E-state index contributed by atoms with van der Waals surface area (Å²) in [4.78, 5) is 31.1. The van der Waals surface area contributed by atoms with E-state index in [1.807, 2.05) is 17.5 Å². The molecule has 0 fully saturated rings. The lowest BCUT2D eigenvalue weighted by atomic mass is 10.1. The number of carbonyl (C=O) groups is 1. The number of nitro benzene ring substituents is 1. The van der Waals surface area contributed by atoms with Crippen molar-refractivity contribution in [1.29, 1.82) is 0 Å². The van der Waals surface area contributed by atoms with Gasteiger partial charge in [0.15, 0.2) is 0 Å². The Bertz CT molecular complexity index is 925. The number of rotatable bonds is 5. The number of thiazole rings is 1. The second kappa shape index (κ2) is 7.18. The molecule has 0 radical (unpaired) electrons. The van der Waals surface area contributed by atoms with E-state index in [9.17, 15) is 14.9 Å². The van der Waals surface area contributed by atoms with E-state index < -0.39 is 4.92 Å². The van der Waals surface area contributed by atoms with Crippen LogP contribution >= 0.6 is 11.3 Å². The summed E-state index contributed by atoms with van der Waals surface area (Å²) in [6, 6.07) is 8.06. The van der Waals surface area contributed by atoms with Gasteiger partial charge in [-0.3, -0.25) is 19.9 Å². The number of hydrogen-bond acceptors (Lipinski definition) is 6. The van der Waals surface area contributed by atoms with Crippen molar-refractivity contribution in [2.75, 3.05) is 0 Å². The lowest BCUT2D eigenvalue weighted by Crippen LogP contribution is -2.23. The summed E-state index contributed by atoms with van der Waals surface area (Å²) in [6.07, 6.45) is 3.44. The van der Waals surface area contributed by atoms with Crippen LogP contribution in [0.1, 0.15) is 21.6 Å². The highest BCUT2D eigenvalue weighted by atomic mass is 32.1. The maximum absolute atomic E-state index is 12.2. The topological polar surface area (TPSA) is 98.0 Å². The molecule has 0 atom stereocenters. The van der Waals surface area contributed by atoms with E-state index in [4.69, 9.17) is 0 Å². The number of nitro groups is 1. The van der Waals surface area contributed by atoms with Crippen molar-refractivity contribution in [1.82, 2.24) is 15.3 Å². The third kappa shape index (κ3) is 3.86. The predicted octanol–water partition coefficient (Wildman–Crippen LogP) is 3.35. The van der Waals surface area contributed by atoms with Crippen molar-refractivity contribution in [3.05, 3.63) is 75.0 Å². The Balaban J connectivity index is 1.66. The molecule has 25 heavy (non-hydrogen) atoms. The largest absolute Gasteiger partial charge is 0.346 e. The number of hydrogen-bond donors (Lipinski definition) is 1. The molecule has 0 aliphatic carbocycles. The summed E-state index contributed by atoms with van der Waals surface area (Å²) >= 11 is 1.48. The van der Waals surface area contributed by atoms with E-state index in [-0.39, 0.29) is 18.1 Å². The Labute approximate surface area is 147 Å². The van der Waals surface area contributed by atoms with Gasteiger partial charge in [0.25, 0.3) is 11.6 Å². The Morgan fingerprint density at radius 1 is 1.36 bits per heavy atom. The third-order valence-electron chi connectivity index (χ3n) is 3.55. The molecule has 126 valence electrons. The molecule has 0 bridgehead atoms. The summed E-state index contributed by atoms with van der Waals surface area (Å²) in [7, 11) is 0. The van der Waals surface area contributed by atoms with Crippen molar-refractivity contribution in [3.8, 4) is 10.6 Å². The third-order valence-corrected chi connectivity index (χ3v) is 4.49. The van der Waals surface area contributed by atoms with E-state index >= 15 is 0 Å². The lowest BCUT2D eigenvalue weighted by molar-refractivity contribution is -0.385. The zero-order valence-electron chi connectivity index (χ0n) is 13.3. The molecule has 1 aromatic carbocycles. The molecule has 0 saturated carbocycles. The standard InChI is InChI=1S/C17H14N4O3S/c1-11-7-12(4-5-15(11)21(23)24)16(22)19-9-14-10-25-17(20-14)13-3-2-6-18-8-13/h2-8,10H,9H2,1H3,(H,19,22). The first-order chi connectivity index (χ1) is 12.0. The predicted molar refractivity (Wildman–Crippen MR) is 94.3 cm³/mol. The molecule has 0 unspecified atom stereocenters. The van der Waals surface area contributed by atoms with Crippen LogP contribution in [-0.4, -0.2) is 20.8 Å². The first-order valence-electron chi connectivity index (χ1n) is 7.42. The van der Waals surface area contributed by atoms with Crippen molar-refractivity contribution in [2.45, 2.75) is 13.5 Å². The fourth-order valence-corrected chi connectivity index (χ4v) is 3.09. The van der Waals surface area contributed by atoms with E-state index in [1.165, 1.54) is 29.5 Å². The van der Waals surface area contributed by atoms with E-state index in [0.717, 1.165) is 16.3 Å². The maximum Gasteiger partial charge on any atom is 0.272 e. The van der Waals surface area contributed by atoms with Gasteiger partial charge >= 0.3 is 0 Å². The molecule has 0 aliphatic heterocycles. The zero-order chi connectivity index (χ0) is 17.8. The number of aryl methyl sites for hydroxylation is 1. The second-order valence-electron chi connectivity index (χ2n) is 5.33. The molecule has 2 heterocycles. The highest BCUT2D eigenvalue weighted by molar-refractivity contribution is 7.13. The molecule has 1 N–H and O–H groups in total. The van der Waals surface area contributed by atoms with Gasteiger partial charge in [0, 0.05) is 40.5 Å². The molecule has 7 nitrogen and oxygen atoms in total. The fraction of sp³-hybridized carbons (Fsp3) is 0.118. The summed E-state index contributed by atoms with van der Waals surface area (Å²) in [5.41, 5.74) is 2.50. The molecule has 3 rings (SSSR count). The molecular weight excluding hydrogens is 340 g/mol. The summed E-state index contributed by atoms with van der Waals surface area (Å²) < 4.78 is 0. The van der Waals surface area contributed by atoms with Crippen LogP contribution in [0.5, 0.6) is 0 Å². The SMILES string of the molecule is Cc1cc(C(=O)NCc2csc(-c3cccnc3)n2)ccc1[N+](=O)[O-]. The highest BCUT2D eigenvalue weighted by Gasteiger charge is 2.14. The molecule has 3 aromatic rings. The average molecular weight is 354 g/mol. The van der Waals surface area contributed by atoms with Gasteiger partial charge in [0.1, 0.15) is 5.01 Å². The first kappa shape index (κ1) is 16.7. The van der Waals surface area contributed by atoms with Gasteiger partial charge < -0.3 is 5.32 Å². The number of nitrogens with one attached hydrogen (secondary N) is 1. The average Bonchev–Trinajstić information content (AvgIpc) is 3.09. The molecule has 1 amide bonds. The molecule has 2 aromatic heterocycles. The van der Waals surface area contributed by atoms with Gasteiger partial charge in [0.2, 0.25) is 0 Å². The van der Waals surface area contributed by atoms with Crippen LogP contribution in [0.3, 0.4) is 0 Å². The minimum atomic E-state index is -0.466. The Morgan fingerprint density at radius 2 is 2.20 bits per heavy atom. The Morgan fingerprint density at radius 3 is 2.88 bits per heavy atom. The minimum absolute atomic E-state index is 0.00263. The van der Waals surface area contributed by atoms with Crippen molar-refractivity contribution in [2.24, 2.45) is 0 Å².